The van der Waals surface area contributed by atoms with Gasteiger partial charge in [-0.2, -0.15) is 0 Å². The number of ether oxygens (including phenoxy) is 2. The minimum Gasteiger partial charge on any atom is -0.462 e. The Labute approximate surface area is 164 Å². The van der Waals surface area contributed by atoms with Gasteiger partial charge in [0, 0.05) is 17.9 Å². The van der Waals surface area contributed by atoms with Gasteiger partial charge < -0.3 is 20.1 Å². The lowest BCUT2D eigenvalue weighted by Gasteiger charge is -2.19. The zero-order chi connectivity index (χ0) is 20.7. The van der Waals surface area contributed by atoms with E-state index in [1.54, 1.807) is 58.0 Å². The van der Waals surface area contributed by atoms with Gasteiger partial charge in [-0.05, 0) is 75.7 Å². The first kappa shape index (κ1) is 21.2. The highest BCUT2D eigenvalue weighted by Crippen LogP contribution is 2.20. The number of carbonyl (C=O) groups is 2. The Morgan fingerprint density at radius 3 is 2.32 bits per heavy atom. The van der Waals surface area contributed by atoms with Gasteiger partial charge in [0.15, 0.2) is 0 Å². The average Bonchev–Trinajstić information content (AvgIpc) is 2.59. The van der Waals surface area contributed by atoms with Crippen molar-refractivity contribution >= 4 is 23.4 Å². The lowest BCUT2D eigenvalue weighted by atomic mass is 10.1. The molecule has 0 aromatic heterocycles. The van der Waals surface area contributed by atoms with E-state index in [-0.39, 0.29) is 6.54 Å². The molecule has 0 aliphatic heterocycles. The fraction of sp³-hybridized carbons (Fsp3) is 0.333. The van der Waals surface area contributed by atoms with Crippen LogP contribution in [0.2, 0.25) is 0 Å². The molecule has 0 aliphatic carbocycles. The molecular formula is C21H25FN2O4. The standard InChI is InChI=1S/C21H25FN2O4/c1-5-27-19(25)15-6-8-17(9-7-15)24-18-11-14(10-16(22)12-18)13-23-20(26)28-21(2,3)4/h6-12,24H,5,13H2,1-4H3,(H,23,26). The van der Waals surface area contributed by atoms with E-state index < -0.39 is 23.5 Å². The van der Waals surface area contributed by atoms with Crippen molar-refractivity contribution in [3.8, 4) is 0 Å². The predicted molar refractivity (Wildman–Crippen MR) is 105 cm³/mol. The minimum absolute atomic E-state index is 0.128. The summed E-state index contributed by atoms with van der Waals surface area (Å²) in [6.45, 7) is 7.48. The van der Waals surface area contributed by atoms with Crippen LogP contribution in [0.25, 0.3) is 0 Å². The summed E-state index contributed by atoms with van der Waals surface area (Å²) in [5.74, 6) is -0.829. The number of benzene rings is 2. The van der Waals surface area contributed by atoms with Crippen molar-refractivity contribution in [2.24, 2.45) is 0 Å². The number of halogens is 1. The summed E-state index contributed by atoms with van der Waals surface area (Å²) in [6, 6.07) is 11.1. The van der Waals surface area contributed by atoms with Gasteiger partial charge in [0.2, 0.25) is 0 Å². The summed E-state index contributed by atoms with van der Waals surface area (Å²) in [5.41, 5.74) is 1.62. The highest BCUT2D eigenvalue weighted by molar-refractivity contribution is 5.89. The van der Waals surface area contributed by atoms with Gasteiger partial charge in [-0.15, -0.1) is 0 Å². The van der Waals surface area contributed by atoms with E-state index in [0.29, 0.717) is 29.1 Å². The molecule has 0 saturated carbocycles. The summed E-state index contributed by atoms with van der Waals surface area (Å²) in [4.78, 5) is 23.4. The normalized spacial score (nSPS) is 10.9. The number of alkyl carbamates (subject to hydrolysis) is 1. The van der Waals surface area contributed by atoms with Crippen LogP contribution < -0.4 is 10.6 Å². The zero-order valence-corrected chi connectivity index (χ0v) is 16.5. The highest BCUT2D eigenvalue weighted by Gasteiger charge is 2.16. The molecule has 2 aromatic rings. The van der Waals surface area contributed by atoms with Gasteiger partial charge in [0.1, 0.15) is 11.4 Å². The summed E-state index contributed by atoms with van der Waals surface area (Å²) in [6.07, 6.45) is -0.569. The van der Waals surface area contributed by atoms with Gasteiger partial charge in [-0.3, -0.25) is 0 Å². The molecular weight excluding hydrogens is 363 g/mol. The number of amides is 1. The molecule has 0 bridgehead atoms. The van der Waals surface area contributed by atoms with Crippen LogP contribution >= 0.6 is 0 Å². The maximum absolute atomic E-state index is 13.9. The molecule has 0 atom stereocenters. The molecule has 0 saturated heterocycles. The molecule has 1 amide bonds. The molecule has 2 N–H and O–H groups in total. The Hall–Kier alpha value is -3.09. The van der Waals surface area contributed by atoms with Gasteiger partial charge in [-0.25, -0.2) is 14.0 Å². The predicted octanol–water partition coefficient (Wildman–Crippen LogP) is 4.77. The fourth-order valence-electron chi connectivity index (χ4n) is 2.38. The third-order valence-corrected chi connectivity index (χ3v) is 3.48. The number of nitrogens with one attached hydrogen (secondary N) is 2. The van der Waals surface area contributed by atoms with Crippen LogP contribution in [0.4, 0.5) is 20.6 Å². The van der Waals surface area contributed by atoms with E-state index in [2.05, 4.69) is 10.6 Å². The molecule has 150 valence electrons. The number of hydrogen-bond donors (Lipinski definition) is 2. The summed E-state index contributed by atoms with van der Waals surface area (Å²) in [7, 11) is 0. The molecule has 0 fully saturated rings. The lowest BCUT2D eigenvalue weighted by Crippen LogP contribution is -2.32. The summed E-state index contributed by atoms with van der Waals surface area (Å²) >= 11 is 0. The molecule has 2 aromatic carbocycles. The topological polar surface area (TPSA) is 76.7 Å². The first-order valence-corrected chi connectivity index (χ1v) is 8.97. The van der Waals surface area contributed by atoms with Crippen molar-refractivity contribution in [3.63, 3.8) is 0 Å². The molecule has 0 unspecified atom stereocenters. The smallest absolute Gasteiger partial charge is 0.407 e. The molecule has 0 radical (unpaired) electrons. The highest BCUT2D eigenvalue weighted by atomic mass is 19.1. The van der Waals surface area contributed by atoms with Gasteiger partial charge in [-0.1, -0.05) is 0 Å². The molecule has 0 aliphatic rings. The number of carbonyl (C=O) groups excluding carboxylic acids is 2. The first-order valence-electron chi connectivity index (χ1n) is 8.97. The third kappa shape index (κ3) is 6.90. The molecule has 28 heavy (non-hydrogen) atoms. The number of anilines is 2. The van der Waals surface area contributed by atoms with Crippen LogP contribution in [0.3, 0.4) is 0 Å². The SMILES string of the molecule is CCOC(=O)c1ccc(Nc2cc(F)cc(CNC(=O)OC(C)(C)C)c2)cc1. The van der Waals surface area contributed by atoms with Crippen LogP contribution in [0.1, 0.15) is 43.6 Å². The van der Waals surface area contributed by atoms with Crippen LogP contribution in [0.15, 0.2) is 42.5 Å². The molecule has 0 heterocycles. The second-order valence-corrected chi connectivity index (χ2v) is 7.13. The van der Waals surface area contributed by atoms with Crippen LogP contribution in [0.5, 0.6) is 0 Å². The third-order valence-electron chi connectivity index (χ3n) is 3.48. The van der Waals surface area contributed by atoms with Crippen LogP contribution in [0, 0.1) is 5.82 Å². The largest absolute Gasteiger partial charge is 0.462 e. The van der Waals surface area contributed by atoms with E-state index >= 15 is 0 Å². The van der Waals surface area contributed by atoms with Crippen LogP contribution in [-0.2, 0) is 16.0 Å². The van der Waals surface area contributed by atoms with E-state index in [1.165, 1.54) is 12.1 Å². The first-order chi connectivity index (χ1) is 13.2. The number of hydrogen-bond acceptors (Lipinski definition) is 5. The van der Waals surface area contributed by atoms with Gasteiger partial charge >= 0.3 is 12.1 Å². The van der Waals surface area contributed by atoms with Crippen molar-refractivity contribution in [1.29, 1.82) is 0 Å². The Kier molecular flexibility index (Phi) is 6.98. The second-order valence-electron chi connectivity index (χ2n) is 7.13. The maximum atomic E-state index is 13.9. The summed E-state index contributed by atoms with van der Waals surface area (Å²) in [5, 5.41) is 5.67. The van der Waals surface area contributed by atoms with E-state index in [0.717, 1.165) is 0 Å². The van der Waals surface area contributed by atoms with Gasteiger partial charge in [0.05, 0.1) is 12.2 Å². The van der Waals surface area contributed by atoms with Crippen molar-refractivity contribution in [1.82, 2.24) is 5.32 Å². The quantitative estimate of drug-likeness (QED) is 0.697. The Bertz CT molecular complexity index is 829. The minimum atomic E-state index is -0.603. The monoisotopic (exact) mass is 388 g/mol. The van der Waals surface area contributed by atoms with Crippen molar-refractivity contribution in [2.75, 3.05) is 11.9 Å². The molecule has 0 spiro atoms. The second kappa shape index (κ2) is 9.21. The van der Waals surface area contributed by atoms with Crippen molar-refractivity contribution in [2.45, 2.75) is 39.8 Å². The zero-order valence-electron chi connectivity index (χ0n) is 16.5. The average molecular weight is 388 g/mol. The number of esters is 1. The van der Waals surface area contributed by atoms with E-state index in [4.69, 9.17) is 9.47 Å². The molecule has 2 rings (SSSR count). The molecule has 7 heteroatoms. The Morgan fingerprint density at radius 2 is 1.71 bits per heavy atom. The fourth-order valence-corrected chi connectivity index (χ4v) is 2.38. The van der Waals surface area contributed by atoms with Crippen molar-refractivity contribution < 1.29 is 23.5 Å². The van der Waals surface area contributed by atoms with E-state index in [9.17, 15) is 14.0 Å². The van der Waals surface area contributed by atoms with E-state index in [1.807, 2.05) is 0 Å². The molecule has 6 nitrogen and oxygen atoms in total. The number of rotatable bonds is 6. The van der Waals surface area contributed by atoms with Gasteiger partial charge in [0.25, 0.3) is 0 Å². The summed E-state index contributed by atoms with van der Waals surface area (Å²) < 4.78 is 24.0. The van der Waals surface area contributed by atoms with Crippen LogP contribution in [-0.4, -0.2) is 24.3 Å². The Morgan fingerprint density at radius 1 is 1.04 bits per heavy atom. The maximum Gasteiger partial charge on any atom is 0.407 e. The van der Waals surface area contributed by atoms with Crippen molar-refractivity contribution in [3.05, 3.63) is 59.4 Å². The Balaban J connectivity index is 2.02. The lowest BCUT2D eigenvalue weighted by molar-refractivity contribution is 0.0514.